The summed E-state index contributed by atoms with van der Waals surface area (Å²) in [5.74, 6) is 0.647. The van der Waals surface area contributed by atoms with Crippen LogP contribution in [0.2, 0.25) is 0 Å². The molecule has 0 bridgehead atoms. The standard InChI is InChI=1S/C13H26N2O2S/c1-10-6-7-15(13(10)9-14)11-4-3-5-12(8-11)18(2,16)17/h10-13H,3-9,14H2,1-2H3. The molecule has 1 heterocycles. The lowest BCUT2D eigenvalue weighted by atomic mass is 9.92. The molecule has 1 aliphatic heterocycles. The quantitative estimate of drug-likeness (QED) is 0.834. The highest BCUT2D eigenvalue weighted by Gasteiger charge is 2.38. The van der Waals surface area contributed by atoms with Crippen molar-refractivity contribution in [2.75, 3.05) is 19.3 Å². The number of nitrogens with zero attached hydrogens (tertiary/aromatic N) is 1. The maximum Gasteiger partial charge on any atom is 0.150 e. The molecule has 2 rings (SSSR count). The van der Waals surface area contributed by atoms with Crippen LogP contribution in [-0.2, 0) is 9.84 Å². The van der Waals surface area contributed by atoms with E-state index in [1.165, 1.54) is 12.7 Å². The van der Waals surface area contributed by atoms with Crippen molar-refractivity contribution >= 4 is 9.84 Å². The van der Waals surface area contributed by atoms with Gasteiger partial charge in [-0.2, -0.15) is 0 Å². The van der Waals surface area contributed by atoms with Crippen molar-refractivity contribution in [3.8, 4) is 0 Å². The highest BCUT2D eigenvalue weighted by Crippen LogP contribution is 2.33. The summed E-state index contributed by atoms with van der Waals surface area (Å²) in [5, 5.41) is -0.134. The summed E-state index contributed by atoms with van der Waals surface area (Å²) >= 11 is 0. The SMILES string of the molecule is CC1CCN(C2CCCC(S(C)(=O)=O)C2)C1CN. The molecule has 2 N–H and O–H groups in total. The minimum absolute atomic E-state index is 0.134. The predicted molar refractivity (Wildman–Crippen MR) is 74.2 cm³/mol. The minimum atomic E-state index is -2.88. The lowest BCUT2D eigenvalue weighted by molar-refractivity contribution is 0.135. The van der Waals surface area contributed by atoms with Gasteiger partial charge >= 0.3 is 0 Å². The van der Waals surface area contributed by atoms with Crippen LogP contribution in [0.5, 0.6) is 0 Å². The number of sulfone groups is 1. The molecule has 0 spiro atoms. The Labute approximate surface area is 111 Å². The van der Waals surface area contributed by atoms with Crippen molar-refractivity contribution < 1.29 is 8.42 Å². The van der Waals surface area contributed by atoms with E-state index in [0.29, 0.717) is 24.5 Å². The van der Waals surface area contributed by atoms with Crippen LogP contribution < -0.4 is 5.73 Å². The van der Waals surface area contributed by atoms with Gasteiger partial charge in [0.2, 0.25) is 0 Å². The number of nitrogens with two attached hydrogens (primary N) is 1. The molecule has 1 saturated carbocycles. The summed E-state index contributed by atoms with van der Waals surface area (Å²) < 4.78 is 23.4. The summed E-state index contributed by atoms with van der Waals surface area (Å²) in [4.78, 5) is 2.49. The van der Waals surface area contributed by atoms with E-state index in [2.05, 4.69) is 11.8 Å². The van der Waals surface area contributed by atoms with E-state index in [4.69, 9.17) is 5.73 Å². The Morgan fingerprint density at radius 2 is 2.00 bits per heavy atom. The van der Waals surface area contributed by atoms with Gasteiger partial charge in [0.15, 0.2) is 0 Å². The highest BCUT2D eigenvalue weighted by atomic mass is 32.2. The average molecular weight is 274 g/mol. The molecule has 0 aromatic carbocycles. The number of hydrogen-bond acceptors (Lipinski definition) is 4. The lowest BCUT2D eigenvalue weighted by Crippen LogP contribution is -2.48. The molecule has 5 heteroatoms. The molecular formula is C13H26N2O2S. The van der Waals surface area contributed by atoms with Gasteiger partial charge in [-0.1, -0.05) is 13.3 Å². The van der Waals surface area contributed by atoms with Crippen LogP contribution >= 0.6 is 0 Å². The van der Waals surface area contributed by atoms with Crippen molar-refractivity contribution in [3.63, 3.8) is 0 Å². The van der Waals surface area contributed by atoms with E-state index in [9.17, 15) is 8.42 Å². The molecule has 0 amide bonds. The van der Waals surface area contributed by atoms with Gasteiger partial charge in [-0.15, -0.1) is 0 Å². The largest absolute Gasteiger partial charge is 0.329 e. The maximum atomic E-state index is 11.7. The third-order valence-electron chi connectivity index (χ3n) is 4.84. The van der Waals surface area contributed by atoms with Crippen LogP contribution in [0.1, 0.15) is 39.0 Å². The van der Waals surface area contributed by atoms with Gasteiger partial charge in [0.25, 0.3) is 0 Å². The van der Waals surface area contributed by atoms with Crippen molar-refractivity contribution in [2.24, 2.45) is 11.7 Å². The van der Waals surface area contributed by atoms with Crippen molar-refractivity contribution in [3.05, 3.63) is 0 Å². The number of hydrogen-bond donors (Lipinski definition) is 1. The van der Waals surface area contributed by atoms with Crippen LogP contribution in [0.25, 0.3) is 0 Å². The number of rotatable bonds is 3. The molecule has 4 atom stereocenters. The van der Waals surface area contributed by atoms with Gasteiger partial charge < -0.3 is 5.73 Å². The van der Waals surface area contributed by atoms with Gasteiger partial charge in [-0.3, -0.25) is 4.90 Å². The minimum Gasteiger partial charge on any atom is -0.329 e. The van der Waals surface area contributed by atoms with Crippen LogP contribution in [-0.4, -0.2) is 50.0 Å². The van der Waals surface area contributed by atoms with E-state index in [-0.39, 0.29) is 5.25 Å². The normalized spacial score (nSPS) is 39.1. The van der Waals surface area contributed by atoms with Gasteiger partial charge in [0.05, 0.1) is 5.25 Å². The molecule has 0 aromatic heterocycles. The molecule has 1 aliphatic carbocycles. The first-order chi connectivity index (χ1) is 8.43. The Balaban J connectivity index is 2.05. The van der Waals surface area contributed by atoms with E-state index < -0.39 is 9.84 Å². The molecule has 106 valence electrons. The first-order valence-corrected chi connectivity index (χ1v) is 9.03. The molecular weight excluding hydrogens is 248 g/mol. The van der Waals surface area contributed by atoms with Crippen LogP contribution in [0.3, 0.4) is 0 Å². The van der Waals surface area contributed by atoms with Gasteiger partial charge in [0, 0.05) is 24.9 Å². The Kier molecular flexibility index (Phi) is 4.34. The zero-order chi connectivity index (χ0) is 13.3. The van der Waals surface area contributed by atoms with E-state index >= 15 is 0 Å². The Hall–Kier alpha value is -0.130. The third-order valence-corrected chi connectivity index (χ3v) is 6.48. The summed E-state index contributed by atoms with van der Waals surface area (Å²) in [6.45, 7) is 4.04. The predicted octanol–water partition coefficient (Wildman–Crippen LogP) is 1.01. The number of likely N-dealkylation sites (tertiary alicyclic amines) is 1. The Morgan fingerprint density at radius 1 is 1.28 bits per heavy atom. The van der Waals surface area contributed by atoms with Gasteiger partial charge in [0.1, 0.15) is 9.84 Å². The topological polar surface area (TPSA) is 63.4 Å². The molecule has 1 saturated heterocycles. The average Bonchev–Trinajstić information content (AvgIpc) is 2.69. The van der Waals surface area contributed by atoms with Gasteiger partial charge in [-0.05, 0) is 38.1 Å². The van der Waals surface area contributed by atoms with Crippen molar-refractivity contribution in [1.82, 2.24) is 4.90 Å². The first kappa shape index (κ1) is 14.3. The van der Waals surface area contributed by atoms with Crippen LogP contribution in [0, 0.1) is 5.92 Å². The zero-order valence-corrected chi connectivity index (χ0v) is 12.3. The zero-order valence-electron chi connectivity index (χ0n) is 11.5. The molecule has 4 nitrogen and oxygen atoms in total. The fraction of sp³-hybridized carbons (Fsp3) is 1.00. The fourth-order valence-electron chi connectivity index (χ4n) is 3.67. The molecule has 2 fully saturated rings. The fourth-order valence-corrected chi connectivity index (χ4v) is 4.84. The van der Waals surface area contributed by atoms with Crippen molar-refractivity contribution in [2.45, 2.75) is 56.4 Å². The second kappa shape index (κ2) is 5.47. The third kappa shape index (κ3) is 2.89. The Bertz CT molecular complexity index is 382. The molecule has 2 aliphatic rings. The summed E-state index contributed by atoms with van der Waals surface area (Å²) in [6.07, 6.45) is 6.39. The molecule has 4 unspecified atom stereocenters. The smallest absolute Gasteiger partial charge is 0.150 e. The van der Waals surface area contributed by atoms with Crippen LogP contribution in [0.15, 0.2) is 0 Å². The Morgan fingerprint density at radius 3 is 2.61 bits per heavy atom. The maximum absolute atomic E-state index is 11.7. The second-order valence-electron chi connectivity index (χ2n) is 6.08. The van der Waals surface area contributed by atoms with Gasteiger partial charge in [-0.25, -0.2) is 8.42 Å². The summed E-state index contributed by atoms with van der Waals surface area (Å²) in [5.41, 5.74) is 5.88. The van der Waals surface area contributed by atoms with E-state index in [1.54, 1.807) is 0 Å². The first-order valence-electron chi connectivity index (χ1n) is 7.08. The van der Waals surface area contributed by atoms with E-state index in [0.717, 1.165) is 32.2 Å². The molecule has 0 aromatic rings. The van der Waals surface area contributed by atoms with E-state index in [1.807, 2.05) is 0 Å². The summed E-state index contributed by atoms with van der Waals surface area (Å²) in [6, 6.07) is 0.880. The monoisotopic (exact) mass is 274 g/mol. The summed E-state index contributed by atoms with van der Waals surface area (Å²) in [7, 11) is -2.88. The highest BCUT2D eigenvalue weighted by molar-refractivity contribution is 7.91. The van der Waals surface area contributed by atoms with Crippen LogP contribution in [0.4, 0.5) is 0 Å². The second-order valence-corrected chi connectivity index (χ2v) is 8.40. The van der Waals surface area contributed by atoms with Crippen molar-refractivity contribution in [1.29, 1.82) is 0 Å². The lowest BCUT2D eigenvalue weighted by Gasteiger charge is -2.38. The molecule has 0 radical (unpaired) electrons. The molecule has 18 heavy (non-hydrogen) atoms.